The molecule has 96 valence electrons. The molecule has 0 amide bonds. The van der Waals surface area contributed by atoms with Crippen molar-refractivity contribution in [1.82, 2.24) is 15.2 Å². The molecule has 0 saturated carbocycles. The van der Waals surface area contributed by atoms with E-state index >= 15 is 0 Å². The van der Waals surface area contributed by atoms with E-state index in [4.69, 9.17) is 11.6 Å². The van der Waals surface area contributed by atoms with Crippen molar-refractivity contribution >= 4 is 34.0 Å². The number of anilines is 2. The molecule has 0 bridgehead atoms. The number of benzene rings is 1. The van der Waals surface area contributed by atoms with E-state index in [1.807, 2.05) is 38.1 Å². The number of aromatic nitrogens is 3. The van der Waals surface area contributed by atoms with Crippen LogP contribution in [0, 0.1) is 13.8 Å². The lowest BCUT2D eigenvalue weighted by Crippen LogP contribution is -1.95. The van der Waals surface area contributed by atoms with Crippen LogP contribution in [0.15, 0.2) is 30.5 Å². The number of rotatable bonds is 2. The van der Waals surface area contributed by atoms with Gasteiger partial charge in [0.2, 0.25) is 0 Å². The van der Waals surface area contributed by atoms with Crippen LogP contribution in [0.1, 0.15) is 11.3 Å². The summed E-state index contributed by atoms with van der Waals surface area (Å²) in [7, 11) is 0. The zero-order valence-electron chi connectivity index (χ0n) is 10.7. The van der Waals surface area contributed by atoms with E-state index in [-0.39, 0.29) is 0 Å². The molecule has 2 heterocycles. The van der Waals surface area contributed by atoms with E-state index < -0.39 is 0 Å². The highest BCUT2D eigenvalue weighted by Crippen LogP contribution is 2.29. The van der Waals surface area contributed by atoms with Crippen LogP contribution in [-0.2, 0) is 0 Å². The van der Waals surface area contributed by atoms with Crippen molar-refractivity contribution in [3.63, 3.8) is 0 Å². The second kappa shape index (κ2) is 4.55. The number of fused-ring (bicyclic) bond motifs is 1. The fourth-order valence-electron chi connectivity index (χ4n) is 2.06. The molecule has 0 fully saturated rings. The summed E-state index contributed by atoms with van der Waals surface area (Å²) in [5.74, 6) is 0.759. The standard InChI is InChI=1S/C14H13ClN4/c1-8-3-4-11(10(15)7-8)17-14-13-9(2)18-19-12(13)5-6-16-14/h3-7H,1-2H3,(H,16,17)(H,18,19). The first kappa shape index (κ1) is 12.0. The monoisotopic (exact) mass is 272 g/mol. The minimum Gasteiger partial charge on any atom is -0.338 e. The molecule has 1 aromatic carbocycles. The van der Waals surface area contributed by atoms with Crippen LogP contribution in [0.25, 0.3) is 10.9 Å². The number of H-pyrrole nitrogens is 1. The molecule has 0 aliphatic heterocycles. The topological polar surface area (TPSA) is 53.6 Å². The summed E-state index contributed by atoms with van der Waals surface area (Å²) < 4.78 is 0. The Bertz CT molecular complexity index is 748. The van der Waals surface area contributed by atoms with Gasteiger partial charge in [0.15, 0.2) is 0 Å². The van der Waals surface area contributed by atoms with Gasteiger partial charge in [0.05, 0.1) is 21.6 Å². The quantitative estimate of drug-likeness (QED) is 0.742. The third kappa shape index (κ3) is 2.15. The van der Waals surface area contributed by atoms with E-state index in [1.54, 1.807) is 6.20 Å². The van der Waals surface area contributed by atoms with Crippen molar-refractivity contribution in [2.45, 2.75) is 13.8 Å². The molecule has 19 heavy (non-hydrogen) atoms. The highest BCUT2D eigenvalue weighted by atomic mass is 35.5. The largest absolute Gasteiger partial charge is 0.338 e. The van der Waals surface area contributed by atoms with Gasteiger partial charge >= 0.3 is 0 Å². The molecule has 0 atom stereocenters. The van der Waals surface area contributed by atoms with Gasteiger partial charge in [-0.1, -0.05) is 17.7 Å². The number of aryl methyl sites for hydroxylation is 2. The number of pyridine rings is 1. The minimum atomic E-state index is 0.681. The lowest BCUT2D eigenvalue weighted by atomic mass is 10.2. The number of halogens is 1. The van der Waals surface area contributed by atoms with Crippen molar-refractivity contribution in [3.8, 4) is 0 Å². The Balaban J connectivity index is 2.08. The Kier molecular flexibility index (Phi) is 2.87. The highest BCUT2D eigenvalue weighted by molar-refractivity contribution is 6.33. The molecule has 0 unspecified atom stereocenters. The number of aromatic amines is 1. The molecule has 4 nitrogen and oxygen atoms in total. The first-order chi connectivity index (χ1) is 9.15. The van der Waals surface area contributed by atoms with Gasteiger partial charge in [-0.15, -0.1) is 0 Å². The van der Waals surface area contributed by atoms with Gasteiger partial charge in [-0.3, -0.25) is 5.10 Å². The molecule has 2 aromatic heterocycles. The smallest absolute Gasteiger partial charge is 0.141 e. The molecular formula is C14H13ClN4. The van der Waals surface area contributed by atoms with Gasteiger partial charge in [0, 0.05) is 11.9 Å². The third-order valence-electron chi connectivity index (χ3n) is 3.03. The fourth-order valence-corrected chi connectivity index (χ4v) is 2.34. The van der Waals surface area contributed by atoms with Crippen LogP contribution in [0.3, 0.4) is 0 Å². The normalized spacial score (nSPS) is 10.9. The Morgan fingerprint density at radius 1 is 1.21 bits per heavy atom. The Labute approximate surface area is 115 Å². The van der Waals surface area contributed by atoms with Gasteiger partial charge in [-0.2, -0.15) is 5.10 Å². The van der Waals surface area contributed by atoms with Crippen molar-refractivity contribution in [1.29, 1.82) is 0 Å². The van der Waals surface area contributed by atoms with E-state index in [2.05, 4.69) is 20.5 Å². The predicted octanol–water partition coefficient (Wildman–Crippen LogP) is 3.97. The number of nitrogens with zero attached hydrogens (tertiary/aromatic N) is 2. The summed E-state index contributed by atoms with van der Waals surface area (Å²) in [4.78, 5) is 4.37. The Morgan fingerprint density at radius 3 is 2.84 bits per heavy atom. The van der Waals surface area contributed by atoms with E-state index in [9.17, 15) is 0 Å². The molecule has 3 aromatic rings. The second-order valence-electron chi connectivity index (χ2n) is 4.51. The molecular weight excluding hydrogens is 260 g/mol. The molecule has 3 rings (SSSR count). The maximum atomic E-state index is 6.23. The van der Waals surface area contributed by atoms with Crippen molar-refractivity contribution in [2.75, 3.05) is 5.32 Å². The fraction of sp³-hybridized carbons (Fsp3) is 0.143. The summed E-state index contributed by atoms with van der Waals surface area (Å²) in [5.41, 5.74) is 3.83. The maximum absolute atomic E-state index is 6.23. The molecule has 0 saturated heterocycles. The van der Waals surface area contributed by atoms with Crippen LogP contribution in [-0.4, -0.2) is 15.2 Å². The highest BCUT2D eigenvalue weighted by Gasteiger charge is 2.09. The number of hydrogen-bond donors (Lipinski definition) is 2. The zero-order valence-corrected chi connectivity index (χ0v) is 11.4. The average molecular weight is 273 g/mol. The van der Waals surface area contributed by atoms with Gasteiger partial charge in [-0.25, -0.2) is 4.98 Å². The van der Waals surface area contributed by atoms with Gasteiger partial charge in [0.25, 0.3) is 0 Å². The Morgan fingerprint density at radius 2 is 2.05 bits per heavy atom. The van der Waals surface area contributed by atoms with E-state index in [0.29, 0.717) is 5.02 Å². The Hall–Kier alpha value is -2.07. The first-order valence-electron chi connectivity index (χ1n) is 5.98. The summed E-state index contributed by atoms with van der Waals surface area (Å²) in [5, 5.41) is 12.1. The van der Waals surface area contributed by atoms with Crippen LogP contribution in [0.4, 0.5) is 11.5 Å². The van der Waals surface area contributed by atoms with Crippen molar-refractivity contribution in [3.05, 3.63) is 46.7 Å². The lowest BCUT2D eigenvalue weighted by Gasteiger charge is -2.09. The average Bonchev–Trinajstić information content (AvgIpc) is 2.76. The maximum Gasteiger partial charge on any atom is 0.141 e. The van der Waals surface area contributed by atoms with Gasteiger partial charge in [0.1, 0.15) is 5.82 Å². The lowest BCUT2D eigenvalue weighted by molar-refractivity contribution is 1.07. The van der Waals surface area contributed by atoms with Crippen LogP contribution in [0.5, 0.6) is 0 Å². The summed E-state index contributed by atoms with van der Waals surface area (Å²) in [6, 6.07) is 7.76. The van der Waals surface area contributed by atoms with Gasteiger partial charge < -0.3 is 5.32 Å². The van der Waals surface area contributed by atoms with Crippen LogP contribution >= 0.6 is 11.6 Å². The minimum absolute atomic E-state index is 0.681. The first-order valence-corrected chi connectivity index (χ1v) is 6.36. The van der Waals surface area contributed by atoms with E-state index in [1.165, 1.54) is 0 Å². The molecule has 0 aliphatic carbocycles. The zero-order chi connectivity index (χ0) is 13.4. The molecule has 0 spiro atoms. The van der Waals surface area contributed by atoms with Crippen LogP contribution in [0.2, 0.25) is 5.02 Å². The number of hydrogen-bond acceptors (Lipinski definition) is 3. The molecule has 0 radical (unpaired) electrons. The summed E-state index contributed by atoms with van der Waals surface area (Å²) in [6.45, 7) is 3.98. The third-order valence-corrected chi connectivity index (χ3v) is 3.34. The van der Waals surface area contributed by atoms with Crippen molar-refractivity contribution in [2.24, 2.45) is 0 Å². The summed E-state index contributed by atoms with van der Waals surface area (Å²) in [6.07, 6.45) is 1.73. The summed E-state index contributed by atoms with van der Waals surface area (Å²) >= 11 is 6.23. The van der Waals surface area contributed by atoms with Crippen LogP contribution < -0.4 is 5.32 Å². The molecule has 5 heteroatoms. The second-order valence-corrected chi connectivity index (χ2v) is 4.92. The van der Waals surface area contributed by atoms with Gasteiger partial charge in [-0.05, 0) is 37.6 Å². The SMILES string of the molecule is Cc1ccc(Nc2nccc3n[nH]c(C)c23)c(Cl)c1. The number of nitrogens with one attached hydrogen (secondary N) is 2. The molecule has 0 aliphatic rings. The van der Waals surface area contributed by atoms with E-state index in [0.717, 1.165) is 33.7 Å². The molecule has 2 N–H and O–H groups in total. The van der Waals surface area contributed by atoms with Crippen molar-refractivity contribution < 1.29 is 0 Å². The predicted molar refractivity (Wildman–Crippen MR) is 78.1 cm³/mol.